The predicted molar refractivity (Wildman–Crippen MR) is 79.9 cm³/mol. The highest BCUT2D eigenvalue weighted by molar-refractivity contribution is 7.20. The van der Waals surface area contributed by atoms with Crippen molar-refractivity contribution in [2.75, 3.05) is 13.6 Å². The molecule has 1 aromatic heterocycles. The molecule has 1 heterocycles. The van der Waals surface area contributed by atoms with Crippen LogP contribution in [0.3, 0.4) is 0 Å². The van der Waals surface area contributed by atoms with Crippen LogP contribution in [0.25, 0.3) is 10.2 Å². The van der Waals surface area contributed by atoms with Crippen LogP contribution >= 0.6 is 11.3 Å². The maximum atomic E-state index is 12.4. The van der Waals surface area contributed by atoms with Gasteiger partial charge in [-0.05, 0) is 25.0 Å². The van der Waals surface area contributed by atoms with Gasteiger partial charge in [-0.25, -0.2) is 4.98 Å². The van der Waals surface area contributed by atoms with Crippen molar-refractivity contribution in [1.29, 1.82) is 0 Å². The van der Waals surface area contributed by atoms with Crippen LogP contribution < -0.4 is 0 Å². The lowest BCUT2D eigenvalue weighted by Gasteiger charge is -2.22. The van der Waals surface area contributed by atoms with E-state index in [-0.39, 0.29) is 17.9 Å². The Morgan fingerprint density at radius 1 is 1.45 bits per heavy atom. The summed E-state index contributed by atoms with van der Waals surface area (Å²) in [6, 6.07) is 7.77. The minimum Gasteiger partial charge on any atom is -0.393 e. The third kappa shape index (κ3) is 2.55. The van der Waals surface area contributed by atoms with Crippen molar-refractivity contribution < 1.29 is 9.90 Å². The second-order valence-electron chi connectivity index (χ2n) is 5.43. The molecule has 5 heteroatoms. The first kappa shape index (κ1) is 13.5. The molecule has 0 aliphatic heterocycles. The van der Waals surface area contributed by atoms with Gasteiger partial charge in [0.2, 0.25) is 0 Å². The zero-order chi connectivity index (χ0) is 14.1. The molecule has 1 aromatic carbocycles. The van der Waals surface area contributed by atoms with Crippen molar-refractivity contribution in [3.05, 3.63) is 29.3 Å². The molecule has 106 valence electrons. The van der Waals surface area contributed by atoms with Gasteiger partial charge < -0.3 is 10.0 Å². The fourth-order valence-corrected chi connectivity index (χ4v) is 3.75. The Morgan fingerprint density at radius 2 is 2.25 bits per heavy atom. The predicted octanol–water partition coefficient (Wildman–Crippen LogP) is 2.53. The molecule has 2 atom stereocenters. The van der Waals surface area contributed by atoms with Gasteiger partial charge in [0.25, 0.3) is 5.91 Å². The summed E-state index contributed by atoms with van der Waals surface area (Å²) < 4.78 is 1.03. The molecule has 1 N–H and O–H groups in total. The quantitative estimate of drug-likeness (QED) is 0.945. The Kier molecular flexibility index (Phi) is 3.72. The molecular weight excluding hydrogens is 272 g/mol. The molecule has 0 bridgehead atoms. The zero-order valence-corrected chi connectivity index (χ0v) is 12.3. The lowest BCUT2D eigenvalue weighted by Crippen LogP contribution is -2.34. The maximum Gasteiger partial charge on any atom is 0.282 e. The number of carbonyl (C=O) groups excluding carboxylic acids is 1. The summed E-state index contributed by atoms with van der Waals surface area (Å²) in [5.74, 6) is 0.156. The fourth-order valence-electron chi connectivity index (χ4n) is 2.79. The number of para-hydroxylation sites is 1. The zero-order valence-electron chi connectivity index (χ0n) is 11.5. The number of hydrogen-bond acceptors (Lipinski definition) is 4. The average molecular weight is 290 g/mol. The van der Waals surface area contributed by atoms with Crippen LogP contribution in [0.5, 0.6) is 0 Å². The van der Waals surface area contributed by atoms with E-state index in [1.165, 1.54) is 11.3 Å². The van der Waals surface area contributed by atoms with E-state index in [2.05, 4.69) is 4.98 Å². The number of benzene rings is 1. The molecule has 0 spiro atoms. The van der Waals surface area contributed by atoms with Gasteiger partial charge in [-0.2, -0.15) is 0 Å². The summed E-state index contributed by atoms with van der Waals surface area (Å²) in [4.78, 5) is 18.5. The Labute approximate surface area is 122 Å². The molecular formula is C15H18N2O2S. The van der Waals surface area contributed by atoms with Crippen molar-refractivity contribution in [3.63, 3.8) is 0 Å². The first-order valence-corrected chi connectivity index (χ1v) is 7.76. The van der Waals surface area contributed by atoms with Crippen LogP contribution in [0.15, 0.2) is 24.3 Å². The maximum absolute atomic E-state index is 12.4. The summed E-state index contributed by atoms with van der Waals surface area (Å²) in [5.41, 5.74) is 0.871. The third-order valence-corrected chi connectivity index (χ3v) is 4.98. The van der Waals surface area contributed by atoms with Gasteiger partial charge in [0.05, 0.1) is 16.3 Å². The summed E-state index contributed by atoms with van der Waals surface area (Å²) in [6.45, 7) is 0.607. The summed E-state index contributed by atoms with van der Waals surface area (Å²) in [7, 11) is 1.79. The number of thiazole rings is 1. The van der Waals surface area contributed by atoms with Crippen LogP contribution in [-0.2, 0) is 0 Å². The lowest BCUT2D eigenvalue weighted by molar-refractivity contribution is 0.0693. The van der Waals surface area contributed by atoms with E-state index < -0.39 is 0 Å². The van der Waals surface area contributed by atoms with Crippen molar-refractivity contribution in [2.24, 2.45) is 5.92 Å². The van der Waals surface area contributed by atoms with Gasteiger partial charge in [0.15, 0.2) is 5.01 Å². The largest absolute Gasteiger partial charge is 0.393 e. The second kappa shape index (κ2) is 5.50. The van der Waals surface area contributed by atoms with Crippen LogP contribution in [0.4, 0.5) is 0 Å². The van der Waals surface area contributed by atoms with Gasteiger partial charge in [-0.3, -0.25) is 4.79 Å². The standard InChI is InChI=1S/C15H18N2O2S/c1-17(9-10-5-4-7-12(10)18)15(19)14-16-11-6-2-3-8-13(11)20-14/h2-3,6,8,10,12,18H,4-5,7,9H2,1H3. The Hall–Kier alpha value is -1.46. The van der Waals surface area contributed by atoms with Gasteiger partial charge in [-0.1, -0.05) is 18.6 Å². The number of aromatic nitrogens is 1. The number of amides is 1. The number of aliphatic hydroxyl groups is 1. The molecule has 20 heavy (non-hydrogen) atoms. The van der Waals surface area contributed by atoms with Gasteiger partial charge in [0, 0.05) is 19.5 Å². The summed E-state index contributed by atoms with van der Waals surface area (Å²) >= 11 is 1.43. The van der Waals surface area contributed by atoms with E-state index in [9.17, 15) is 9.90 Å². The highest BCUT2D eigenvalue weighted by Gasteiger charge is 2.28. The SMILES string of the molecule is CN(CC1CCCC1O)C(=O)c1nc2ccccc2s1. The smallest absolute Gasteiger partial charge is 0.282 e. The van der Waals surface area contributed by atoms with Gasteiger partial charge in [-0.15, -0.1) is 11.3 Å². The second-order valence-corrected chi connectivity index (χ2v) is 6.46. The van der Waals surface area contributed by atoms with Crippen LogP contribution in [-0.4, -0.2) is 40.6 Å². The molecule has 2 aromatic rings. The topological polar surface area (TPSA) is 53.4 Å². The number of carbonyl (C=O) groups is 1. The Bertz CT molecular complexity index is 592. The number of hydrogen-bond donors (Lipinski definition) is 1. The molecule has 2 unspecified atom stereocenters. The van der Waals surface area contributed by atoms with E-state index in [1.807, 2.05) is 24.3 Å². The van der Waals surface area contributed by atoms with Crippen molar-refractivity contribution >= 4 is 27.5 Å². The van der Waals surface area contributed by atoms with Gasteiger partial charge in [0.1, 0.15) is 0 Å². The van der Waals surface area contributed by atoms with Crippen molar-refractivity contribution in [2.45, 2.75) is 25.4 Å². The van der Waals surface area contributed by atoms with Crippen LogP contribution in [0, 0.1) is 5.92 Å². The molecule has 3 rings (SSSR count). The highest BCUT2D eigenvalue weighted by Crippen LogP contribution is 2.27. The van der Waals surface area contributed by atoms with Gasteiger partial charge >= 0.3 is 0 Å². The number of nitrogens with zero attached hydrogens (tertiary/aromatic N) is 2. The van der Waals surface area contributed by atoms with E-state index >= 15 is 0 Å². The number of aliphatic hydroxyl groups excluding tert-OH is 1. The van der Waals surface area contributed by atoms with E-state index in [0.29, 0.717) is 11.6 Å². The lowest BCUT2D eigenvalue weighted by atomic mass is 10.1. The van der Waals surface area contributed by atoms with Crippen molar-refractivity contribution in [1.82, 2.24) is 9.88 Å². The number of rotatable bonds is 3. The highest BCUT2D eigenvalue weighted by atomic mass is 32.1. The minimum atomic E-state index is -0.263. The summed E-state index contributed by atoms with van der Waals surface area (Å²) in [5, 5.41) is 10.4. The number of fused-ring (bicyclic) bond motifs is 1. The fraction of sp³-hybridized carbons (Fsp3) is 0.467. The molecule has 1 saturated carbocycles. The molecule has 1 amide bonds. The molecule has 1 aliphatic rings. The van der Waals surface area contributed by atoms with Crippen molar-refractivity contribution in [3.8, 4) is 0 Å². The van der Waals surface area contributed by atoms with Crippen LogP contribution in [0.2, 0.25) is 0 Å². The normalized spacial score (nSPS) is 22.3. The van der Waals surface area contributed by atoms with E-state index in [0.717, 1.165) is 29.5 Å². The first-order valence-electron chi connectivity index (χ1n) is 6.94. The molecule has 1 fully saturated rings. The minimum absolute atomic E-state index is 0.0506. The monoisotopic (exact) mass is 290 g/mol. The van der Waals surface area contributed by atoms with E-state index in [4.69, 9.17) is 0 Å². The average Bonchev–Trinajstić information content (AvgIpc) is 3.04. The Morgan fingerprint density at radius 3 is 2.95 bits per heavy atom. The first-order chi connectivity index (χ1) is 9.65. The molecule has 0 saturated heterocycles. The summed E-state index contributed by atoms with van der Waals surface area (Å²) in [6.07, 6.45) is 2.64. The molecule has 4 nitrogen and oxygen atoms in total. The van der Waals surface area contributed by atoms with Crippen LogP contribution in [0.1, 0.15) is 29.1 Å². The molecule has 0 radical (unpaired) electrons. The van der Waals surface area contributed by atoms with E-state index in [1.54, 1.807) is 11.9 Å². The Balaban J connectivity index is 1.74. The molecule has 1 aliphatic carbocycles. The third-order valence-electron chi connectivity index (χ3n) is 3.95.